The molecule has 1 aliphatic carbocycles. The molecular weight excluding hydrogens is 150 g/mol. The first-order chi connectivity index (χ1) is 5.48. The van der Waals surface area contributed by atoms with Crippen LogP contribution in [0.2, 0.25) is 0 Å². The van der Waals surface area contributed by atoms with Gasteiger partial charge in [-0.05, 0) is 27.2 Å². The summed E-state index contributed by atoms with van der Waals surface area (Å²) in [5.41, 5.74) is 0.248. The number of rotatable bonds is 0. The standard InChI is InChI=1S/C10H17NO/c1-10(2,3)11-5-7-4-8(6-11)9(7)12/h7-8H,4-6H2,1-3H3/t7-,8-/m0/s1. The smallest absolute Gasteiger partial charge is 0.141 e. The van der Waals surface area contributed by atoms with Crippen molar-refractivity contribution in [3.05, 3.63) is 0 Å². The lowest BCUT2D eigenvalue weighted by atomic mass is 9.69. The van der Waals surface area contributed by atoms with Gasteiger partial charge in [-0.25, -0.2) is 0 Å². The molecule has 3 fully saturated rings. The van der Waals surface area contributed by atoms with Crippen LogP contribution in [0.5, 0.6) is 0 Å². The van der Waals surface area contributed by atoms with Gasteiger partial charge in [0.15, 0.2) is 0 Å². The second-order valence-electron chi connectivity index (χ2n) is 5.11. The molecule has 0 spiro atoms. The van der Waals surface area contributed by atoms with Gasteiger partial charge in [0.2, 0.25) is 0 Å². The van der Waals surface area contributed by atoms with Crippen molar-refractivity contribution >= 4 is 5.78 Å². The first-order valence-corrected chi connectivity index (χ1v) is 4.77. The average Bonchev–Trinajstić information content (AvgIpc) is 2.02. The quantitative estimate of drug-likeness (QED) is 0.542. The van der Waals surface area contributed by atoms with E-state index < -0.39 is 0 Å². The monoisotopic (exact) mass is 167 g/mol. The number of fused-ring (bicyclic) bond motifs is 2. The molecule has 2 atom stereocenters. The highest BCUT2D eigenvalue weighted by atomic mass is 16.1. The van der Waals surface area contributed by atoms with Crippen molar-refractivity contribution in [2.45, 2.75) is 32.7 Å². The van der Waals surface area contributed by atoms with E-state index in [1.165, 1.54) is 0 Å². The number of Topliss-reactive ketones (excluding diaryl/α,β-unsaturated/α-hetero) is 1. The fourth-order valence-corrected chi connectivity index (χ4v) is 2.23. The van der Waals surface area contributed by atoms with Gasteiger partial charge in [-0.3, -0.25) is 9.69 Å². The molecule has 0 N–H and O–H groups in total. The van der Waals surface area contributed by atoms with Crippen LogP contribution in [-0.2, 0) is 4.79 Å². The molecule has 12 heavy (non-hydrogen) atoms. The third-order valence-electron chi connectivity index (χ3n) is 3.20. The van der Waals surface area contributed by atoms with Crippen LogP contribution >= 0.6 is 0 Å². The van der Waals surface area contributed by atoms with Gasteiger partial charge in [-0.2, -0.15) is 0 Å². The van der Waals surface area contributed by atoms with Gasteiger partial charge in [-0.15, -0.1) is 0 Å². The van der Waals surface area contributed by atoms with E-state index in [1.807, 2.05) is 0 Å². The normalized spacial score (nSPS) is 36.4. The molecule has 2 saturated heterocycles. The summed E-state index contributed by atoms with van der Waals surface area (Å²) in [5.74, 6) is 1.28. The molecule has 0 unspecified atom stereocenters. The highest BCUT2D eigenvalue weighted by Gasteiger charge is 2.47. The highest BCUT2D eigenvalue weighted by Crippen LogP contribution is 2.38. The summed E-state index contributed by atoms with van der Waals surface area (Å²) < 4.78 is 0. The number of carbonyl (C=O) groups is 1. The van der Waals surface area contributed by atoms with E-state index in [-0.39, 0.29) is 5.54 Å². The molecule has 1 saturated carbocycles. The third kappa shape index (κ3) is 1.09. The predicted octanol–water partition coefficient (Wildman–Crippen LogP) is 1.31. The van der Waals surface area contributed by atoms with Crippen molar-refractivity contribution < 1.29 is 4.79 Å². The molecular formula is C10H17NO. The van der Waals surface area contributed by atoms with Crippen LogP contribution in [-0.4, -0.2) is 29.3 Å². The fourth-order valence-electron chi connectivity index (χ4n) is 2.23. The summed E-state index contributed by atoms with van der Waals surface area (Å²) in [6.45, 7) is 8.67. The minimum atomic E-state index is 0.248. The Bertz CT molecular complexity index is 202. The highest BCUT2D eigenvalue weighted by molar-refractivity contribution is 5.90. The molecule has 3 rings (SSSR count). The predicted molar refractivity (Wildman–Crippen MR) is 47.9 cm³/mol. The molecule has 0 aromatic heterocycles. The van der Waals surface area contributed by atoms with E-state index in [0.717, 1.165) is 19.5 Å². The maximum atomic E-state index is 11.3. The second kappa shape index (κ2) is 2.32. The Balaban J connectivity index is 2.04. The molecule has 0 aromatic carbocycles. The lowest BCUT2D eigenvalue weighted by Crippen LogP contribution is -2.60. The van der Waals surface area contributed by atoms with Crippen molar-refractivity contribution in [2.75, 3.05) is 13.1 Å². The maximum Gasteiger partial charge on any atom is 0.141 e. The van der Waals surface area contributed by atoms with Crippen LogP contribution < -0.4 is 0 Å². The third-order valence-corrected chi connectivity index (χ3v) is 3.20. The van der Waals surface area contributed by atoms with E-state index >= 15 is 0 Å². The number of ketones is 1. The van der Waals surface area contributed by atoms with Gasteiger partial charge in [-0.1, -0.05) is 0 Å². The summed E-state index contributed by atoms with van der Waals surface area (Å²) in [5, 5.41) is 0. The number of hydrogen-bond donors (Lipinski definition) is 0. The summed E-state index contributed by atoms with van der Waals surface area (Å²) in [6, 6.07) is 0. The number of hydrogen-bond acceptors (Lipinski definition) is 2. The molecule has 2 nitrogen and oxygen atoms in total. The van der Waals surface area contributed by atoms with E-state index in [4.69, 9.17) is 0 Å². The molecule has 2 heteroatoms. The van der Waals surface area contributed by atoms with Gasteiger partial charge >= 0.3 is 0 Å². The Morgan fingerprint density at radius 3 is 2.08 bits per heavy atom. The minimum absolute atomic E-state index is 0.248. The summed E-state index contributed by atoms with van der Waals surface area (Å²) in [4.78, 5) is 13.7. The Labute approximate surface area is 73.9 Å². The molecule has 3 aliphatic rings. The largest absolute Gasteiger partial charge is 0.299 e. The van der Waals surface area contributed by atoms with Crippen LogP contribution in [0.15, 0.2) is 0 Å². The van der Waals surface area contributed by atoms with E-state index in [2.05, 4.69) is 25.7 Å². The van der Waals surface area contributed by atoms with E-state index in [0.29, 0.717) is 17.6 Å². The van der Waals surface area contributed by atoms with Crippen molar-refractivity contribution in [3.63, 3.8) is 0 Å². The first kappa shape index (κ1) is 8.24. The molecule has 0 radical (unpaired) electrons. The van der Waals surface area contributed by atoms with Crippen molar-refractivity contribution in [3.8, 4) is 0 Å². The van der Waals surface area contributed by atoms with Crippen LogP contribution in [0.4, 0.5) is 0 Å². The molecule has 2 bridgehead atoms. The molecule has 0 aromatic rings. The van der Waals surface area contributed by atoms with Crippen LogP contribution in [0, 0.1) is 11.8 Å². The Morgan fingerprint density at radius 2 is 1.75 bits per heavy atom. The molecule has 68 valence electrons. The zero-order valence-corrected chi connectivity index (χ0v) is 8.13. The van der Waals surface area contributed by atoms with Gasteiger partial charge in [0.1, 0.15) is 5.78 Å². The SMILES string of the molecule is CC(C)(C)N1C[C@@H]2C[C@@H](C1)C2=O. The minimum Gasteiger partial charge on any atom is -0.299 e. The van der Waals surface area contributed by atoms with Gasteiger partial charge in [0.25, 0.3) is 0 Å². The fraction of sp³-hybridized carbons (Fsp3) is 0.900. The van der Waals surface area contributed by atoms with Crippen LogP contribution in [0.1, 0.15) is 27.2 Å². The summed E-state index contributed by atoms with van der Waals surface area (Å²) in [7, 11) is 0. The summed E-state index contributed by atoms with van der Waals surface area (Å²) in [6.07, 6.45) is 1.16. The van der Waals surface area contributed by atoms with Gasteiger partial charge < -0.3 is 0 Å². The van der Waals surface area contributed by atoms with Crippen LogP contribution in [0.3, 0.4) is 0 Å². The molecule has 0 amide bonds. The Morgan fingerprint density at radius 1 is 1.25 bits per heavy atom. The zero-order valence-electron chi connectivity index (χ0n) is 8.13. The maximum absolute atomic E-state index is 11.3. The van der Waals surface area contributed by atoms with Gasteiger partial charge in [0.05, 0.1) is 0 Å². The van der Waals surface area contributed by atoms with E-state index in [1.54, 1.807) is 0 Å². The average molecular weight is 167 g/mol. The lowest BCUT2D eigenvalue weighted by Gasteiger charge is -2.50. The topological polar surface area (TPSA) is 20.3 Å². The van der Waals surface area contributed by atoms with E-state index in [9.17, 15) is 4.79 Å². The molecule has 2 heterocycles. The lowest BCUT2D eigenvalue weighted by molar-refractivity contribution is -0.146. The Hall–Kier alpha value is -0.370. The first-order valence-electron chi connectivity index (χ1n) is 4.77. The molecule has 2 aliphatic heterocycles. The van der Waals surface area contributed by atoms with Crippen LogP contribution in [0.25, 0.3) is 0 Å². The number of piperidine rings is 2. The summed E-state index contributed by atoms with van der Waals surface area (Å²) >= 11 is 0. The van der Waals surface area contributed by atoms with Crippen molar-refractivity contribution in [2.24, 2.45) is 11.8 Å². The number of nitrogens with zero attached hydrogens (tertiary/aromatic N) is 1. The Kier molecular flexibility index (Phi) is 1.59. The number of carbonyl (C=O) groups excluding carboxylic acids is 1. The van der Waals surface area contributed by atoms with Crippen molar-refractivity contribution in [1.82, 2.24) is 4.90 Å². The zero-order chi connectivity index (χ0) is 8.93. The van der Waals surface area contributed by atoms with Crippen molar-refractivity contribution in [1.29, 1.82) is 0 Å². The second-order valence-corrected chi connectivity index (χ2v) is 5.11. The van der Waals surface area contributed by atoms with Gasteiger partial charge in [0, 0.05) is 30.5 Å².